The second kappa shape index (κ2) is 5.22. The molecule has 0 fully saturated rings. The van der Waals surface area contributed by atoms with Crippen LogP contribution >= 0.6 is 15.9 Å². The van der Waals surface area contributed by atoms with E-state index in [1.807, 2.05) is 13.0 Å². The monoisotopic (exact) mass is 308 g/mol. The van der Waals surface area contributed by atoms with E-state index in [0.29, 0.717) is 17.1 Å². The summed E-state index contributed by atoms with van der Waals surface area (Å²) in [5.74, 6) is 1.13. The summed E-state index contributed by atoms with van der Waals surface area (Å²) in [6.45, 7) is 2.78. The third kappa shape index (κ3) is 2.70. The molecule has 1 heterocycles. The average Bonchev–Trinajstić information content (AvgIpc) is 2.76. The maximum absolute atomic E-state index is 7.52. The van der Waals surface area contributed by atoms with Gasteiger partial charge in [-0.3, -0.25) is 10.1 Å². The lowest BCUT2D eigenvalue weighted by atomic mass is 10.2. The van der Waals surface area contributed by atoms with E-state index in [1.165, 1.54) is 0 Å². The Hall–Kier alpha value is -1.82. The van der Waals surface area contributed by atoms with E-state index >= 15 is 0 Å². The number of nitrogen functional groups attached to an aromatic ring is 1. The zero-order valence-electron chi connectivity index (χ0n) is 9.85. The number of benzene rings is 1. The minimum absolute atomic E-state index is 0.0274. The van der Waals surface area contributed by atoms with Gasteiger partial charge in [0, 0.05) is 11.0 Å². The van der Waals surface area contributed by atoms with Gasteiger partial charge in [0.1, 0.15) is 11.6 Å². The fourth-order valence-electron chi connectivity index (χ4n) is 1.50. The van der Waals surface area contributed by atoms with Crippen LogP contribution in [0.25, 0.3) is 0 Å². The van der Waals surface area contributed by atoms with Gasteiger partial charge in [0.25, 0.3) is 0 Å². The number of aryl methyl sites for hydroxylation is 1. The fraction of sp³-hybridized carbons (Fsp3) is 0.167. The van der Waals surface area contributed by atoms with E-state index in [9.17, 15) is 0 Å². The Balaban J connectivity index is 2.32. The minimum Gasteiger partial charge on any atom is -0.453 e. The first-order valence-corrected chi connectivity index (χ1v) is 6.23. The molecule has 0 atom stereocenters. The van der Waals surface area contributed by atoms with E-state index in [2.05, 4.69) is 21.0 Å². The number of nitrogens with zero attached hydrogens (tertiary/aromatic N) is 2. The Bertz CT molecular complexity index is 579. The quantitative estimate of drug-likeness (QED) is 0.673. The predicted octanol–water partition coefficient (Wildman–Crippen LogP) is 2.74. The van der Waals surface area contributed by atoms with Gasteiger partial charge in [-0.05, 0) is 25.1 Å². The van der Waals surface area contributed by atoms with Crippen molar-refractivity contribution in [3.63, 3.8) is 0 Å². The summed E-state index contributed by atoms with van der Waals surface area (Å²) in [6, 6.07) is 5.34. The van der Waals surface area contributed by atoms with Crippen molar-refractivity contribution in [3.8, 4) is 11.5 Å². The van der Waals surface area contributed by atoms with Crippen LogP contribution in [0.3, 0.4) is 0 Å². The molecule has 0 aliphatic carbocycles. The van der Waals surface area contributed by atoms with Gasteiger partial charge in [0.05, 0.1) is 18.0 Å². The number of amidine groups is 1. The smallest absolute Gasteiger partial charge is 0.165 e. The molecule has 1 aromatic carbocycles. The van der Waals surface area contributed by atoms with Crippen LogP contribution in [-0.2, 0) is 6.54 Å². The SMILES string of the molecule is CCn1cc(Oc2cc(Br)ccc2C(=N)N)cn1. The van der Waals surface area contributed by atoms with Gasteiger partial charge >= 0.3 is 0 Å². The Morgan fingerprint density at radius 3 is 2.94 bits per heavy atom. The predicted molar refractivity (Wildman–Crippen MR) is 73.1 cm³/mol. The molecule has 5 nitrogen and oxygen atoms in total. The minimum atomic E-state index is -0.0274. The molecule has 18 heavy (non-hydrogen) atoms. The number of rotatable bonds is 4. The largest absolute Gasteiger partial charge is 0.453 e. The van der Waals surface area contributed by atoms with E-state index < -0.39 is 0 Å². The molecular weight excluding hydrogens is 296 g/mol. The number of nitrogens with one attached hydrogen (secondary N) is 1. The highest BCUT2D eigenvalue weighted by Crippen LogP contribution is 2.28. The maximum Gasteiger partial charge on any atom is 0.165 e. The highest BCUT2D eigenvalue weighted by molar-refractivity contribution is 9.10. The van der Waals surface area contributed by atoms with E-state index in [4.69, 9.17) is 15.9 Å². The highest BCUT2D eigenvalue weighted by Gasteiger charge is 2.09. The van der Waals surface area contributed by atoms with Gasteiger partial charge < -0.3 is 10.5 Å². The standard InChI is InChI=1S/C12H13BrN4O/c1-2-17-7-9(6-16-17)18-11-5-8(13)3-4-10(11)12(14)15/h3-7H,2H2,1H3,(H3,14,15). The van der Waals surface area contributed by atoms with E-state index in [-0.39, 0.29) is 5.84 Å². The summed E-state index contributed by atoms with van der Waals surface area (Å²) < 4.78 is 8.33. The molecule has 6 heteroatoms. The fourth-order valence-corrected chi connectivity index (χ4v) is 1.84. The maximum atomic E-state index is 7.52. The van der Waals surface area contributed by atoms with Crippen molar-refractivity contribution < 1.29 is 4.74 Å². The Kier molecular flexibility index (Phi) is 3.66. The summed E-state index contributed by atoms with van der Waals surface area (Å²) in [5, 5.41) is 11.6. The first-order valence-electron chi connectivity index (χ1n) is 5.44. The molecule has 0 unspecified atom stereocenters. The number of hydrogen-bond acceptors (Lipinski definition) is 3. The van der Waals surface area contributed by atoms with Gasteiger partial charge in [-0.15, -0.1) is 0 Å². The topological polar surface area (TPSA) is 76.9 Å². The first kappa shape index (κ1) is 12.6. The van der Waals surface area contributed by atoms with E-state index in [1.54, 1.807) is 29.2 Å². The molecule has 3 N–H and O–H groups in total. The van der Waals surface area contributed by atoms with Crippen LogP contribution in [0.15, 0.2) is 35.1 Å². The van der Waals surface area contributed by atoms with Crippen molar-refractivity contribution in [2.45, 2.75) is 13.5 Å². The molecule has 94 valence electrons. The normalized spacial score (nSPS) is 10.3. The van der Waals surface area contributed by atoms with Crippen LogP contribution in [0.2, 0.25) is 0 Å². The van der Waals surface area contributed by atoms with Crippen LogP contribution < -0.4 is 10.5 Å². The summed E-state index contributed by atoms with van der Waals surface area (Å²) in [5.41, 5.74) is 6.07. The lowest BCUT2D eigenvalue weighted by molar-refractivity contribution is 0.480. The summed E-state index contributed by atoms with van der Waals surface area (Å²) in [4.78, 5) is 0. The number of ether oxygens (including phenoxy) is 1. The van der Waals surface area contributed by atoms with Gasteiger partial charge in [0.15, 0.2) is 5.75 Å². The average molecular weight is 309 g/mol. The molecule has 2 aromatic rings. The molecule has 1 aromatic heterocycles. The van der Waals surface area contributed by atoms with Crippen LogP contribution in [-0.4, -0.2) is 15.6 Å². The van der Waals surface area contributed by atoms with Crippen molar-refractivity contribution in [2.75, 3.05) is 0 Å². The second-order valence-corrected chi connectivity index (χ2v) is 4.60. The zero-order valence-corrected chi connectivity index (χ0v) is 11.4. The molecule has 0 amide bonds. The van der Waals surface area contributed by atoms with Crippen molar-refractivity contribution in [1.82, 2.24) is 9.78 Å². The number of hydrogen-bond donors (Lipinski definition) is 2. The van der Waals surface area contributed by atoms with Crippen LogP contribution in [0.1, 0.15) is 12.5 Å². The van der Waals surface area contributed by atoms with Gasteiger partial charge in [-0.1, -0.05) is 15.9 Å². The van der Waals surface area contributed by atoms with Crippen molar-refractivity contribution in [3.05, 3.63) is 40.6 Å². The Morgan fingerprint density at radius 1 is 1.56 bits per heavy atom. The van der Waals surface area contributed by atoms with Crippen molar-refractivity contribution in [1.29, 1.82) is 5.41 Å². The second-order valence-electron chi connectivity index (χ2n) is 3.69. The van der Waals surface area contributed by atoms with Crippen molar-refractivity contribution in [2.24, 2.45) is 5.73 Å². The number of halogens is 1. The Labute approximate surface area is 113 Å². The molecule has 0 bridgehead atoms. The zero-order chi connectivity index (χ0) is 13.1. The molecule has 0 spiro atoms. The molecular formula is C12H13BrN4O. The molecule has 0 saturated heterocycles. The first-order chi connectivity index (χ1) is 8.60. The van der Waals surface area contributed by atoms with Crippen LogP contribution in [0.4, 0.5) is 0 Å². The number of nitrogens with two attached hydrogens (primary N) is 1. The molecule has 2 rings (SSSR count). The van der Waals surface area contributed by atoms with Crippen LogP contribution in [0.5, 0.6) is 11.5 Å². The van der Waals surface area contributed by atoms with Gasteiger partial charge in [-0.25, -0.2) is 0 Å². The summed E-state index contributed by atoms with van der Waals surface area (Å²) in [6.07, 6.45) is 3.43. The lowest BCUT2D eigenvalue weighted by Crippen LogP contribution is -2.12. The third-order valence-corrected chi connectivity index (χ3v) is 2.89. The van der Waals surface area contributed by atoms with E-state index in [0.717, 1.165) is 11.0 Å². The van der Waals surface area contributed by atoms with Crippen LogP contribution in [0, 0.1) is 5.41 Å². The lowest BCUT2D eigenvalue weighted by Gasteiger charge is -2.08. The highest BCUT2D eigenvalue weighted by atomic mass is 79.9. The number of aromatic nitrogens is 2. The molecule has 0 saturated carbocycles. The molecule has 0 radical (unpaired) electrons. The third-order valence-electron chi connectivity index (χ3n) is 2.40. The van der Waals surface area contributed by atoms with Gasteiger partial charge in [0.2, 0.25) is 0 Å². The molecule has 0 aliphatic heterocycles. The molecule has 0 aliphatic rings. The summed E-state index contributed by atoms with van der Waals surface area (Å²) >= 11 is 3.37. The Morgan fingerprint density at radius 2 is 2.33 bits per heavy atom. The van der Waals surface area contributed by atoms with Crippen molar-refractivity contribution >= 4 is 21.8 Å². The van der Waals surface area contributed by atoms with Gasteiger partial charge in [-0.2, -0.15) is 5.10 Å². The summed E-state index contributed by atoms with van der Waals surface area (Å²) in [7, 11) is 0.